The number of Topliss-reactive ketones (excluding diaryl/α,β-unsaturated/α-hetero) is 1. The number of benzene rings is 2. The quantitative estimate of drug-likeness (QED) is 0.354. The third-order valence-electron chi connectivity index (χ3n) is 7.22. The summed E-state index contributed by atoms with van der Waals surface area (Å²) in [5.41, 5.74) is 1.64. The second-order valence-corrected chi connectivity index (χ2v) is 10.2. The summed E-state index contributed by atoms with van der Waals surface area (Å²) in [6, 6.07) is 9.38. The van der Waals surface area contributed by atoms with Crippen LogP contribution < -0.4 is 4.74 Å². The first kappa shape index (κ1) is 28.0. The Bertz CT molecular complexity index is 1450. The number of rotatable bonds is 6. The average molecular weight is 537 g/mol. The molecular weight excluding hydrogens is 503 g/mol. The first-order chi connectivity index (χ1) is 18.4. The molecule has 1 aliphatic rings. The fraction of sp³-hybridized carbons (Fsp3) is 0.379. The Hall–Kier alpha value is -4.05. The van der Waals surface area contributed by atoms with E-state index >= 15 is 0 Å². The molecule has 0 spiro atoms. The largest absolute Gasteiger partial charge is 0.496 e. The van der Waals surface area contributed by atoms with Gasteiger partial charge < -0.3 is 14.5 Å². The van der Waals surface area contributed by atoms with Crippen LogP contribution in [0.3, 0.4) is 0 Å². The summed E-state index contributed by atoms with van der Waals surface area (Å²) in [7, 11) is 4.38. The van der Waals surface area contributed by atoms with E-state index in [1.807, 2.05) is 13.8 Å². The van der Waals surface area contributed by atoms with Crippen molar-refractivity contribution in [3.05, 3.63) is 65.1 Å². The van der Waals surface area contributed by atoms with E-state index in [4.69, 9.17) is 4.74 Å². The second kappa shape index (κ2) is 11.0. The number of fused-ring (bicyclic) bond motifs is 1. The summed E-state index contributed by atoms with van der Waals surface area (Å²) < 4.78 is 20.2. The van der Waals surface area contributed by atoms with Crippen molar-refractivity contribution < 1.29 is 28.3 Å². The Morgan fingerprint density at radius 1 is 1.00 bits per heavy atom. The van der Waals surface area contributed by atoms with E-state index in [1.54, 1.807) is 23.1 Å². The highest BCUT2D eigenvalue weighted by atomic mass is 19.1. The van der Waals surface area contributed by atoms with Gasteiger partial charge in [0.25, 0.3) is 17.6 Å². The SMILES string of the molecule is COc1cc2c(cc1C(=O)N1CC(C)N(Cc3ccc(F)cc3)CC1C)c(C(=O)C(=O)N(C)C)cn2C(C)=O. The lowest BCUT2D eigenvalue weighted by molar-refractivity contribution is -0.124. The van der Waals surface area contributed by atoms with Gasteiger partial charge in [-0.05, 0) is 37.6 Å². The van der Waals surface area contributed by atoms with Gasteiger partial charge in [0.1, 0.15) is 11.6 Å². The lowest BCUT2D eigenvalue weighted by Gasteiger charge is -2.44. The van der Waals surface area contributed by atoms with E-state index in [0.29, 0.717) is 30.5 Å². The van der Waals surface area contributed by atoms with Gasteiger partial charge in [0.2, 0.25) is 5.91 Å². The van der Waals surface area contributed by atoms with Gasteiger partial charge in [-0.2, -0.15) is 0 Å². The van der Waals surface area contributed by atoms with Crippen LogP contribution in [0.5, 0.6) is 5.75 Å². The van der Waals surface area contributed by atoms with Crippen molar-refractivity contribution in [1.82, 2.24) is 19.3 Å². The summed E-state index contributed by atoms with van der Waals surface area (Å²) in [5, 5.41) is 0.324. The lowest BCUT2D eigenvalue weighted by atomic mass is 10.0. The van der Waals surface area contributed by atoms with Crippen LogP contribution in [-0.2, 0) is 11.3 Å². The van der Waals surface area contributed by atoms with Crippen LogP contribution in [0.25, 0.3) is 10.9 Å². The third kappa shape index (κ3) is 5.42. The molecule has 1 aliphatic heterocycles. The topological polar surface area (TPSA) is 92.2 Å². The van der Waals surface area contributed by atoms with Gasteiger partial charge in [0, 0.05) is 70.4 Å². The molecule has 0 N–H and O–H groups in total. The average Bonchev–Trinajstić information content (AvgIpc) is 3.28. The van der Waals surface area contributed by atoms with Gasteiger partial charge in [-0.1, -0.05) is 12.1 Å². The van der Waals surface area contributed by atoms with E-state index in [-0.39, 0.29) is 46.6 Å². The minimum absolute atomic E-state index is 0.0265. The minimum atomic E-state index is -0.773. The molecule has 2 unspecified atom stereocenters. The number of likely N-dealkylation sites (N-methyl/N-ethyl adjacent to an activating group) is 1. The van der Waals surface area contributed by atoms with E-state index in [1.165, 1.54) is 62.0 Å². The number of nitrogens with zero attached hydrogens (tertiary/aromatic N) is 4. The standard InChI is InChI=1S/C29H33FN4O5/c1-17-14-33(18(2)13-32(17)15-20-7-9-21(30)10-8-20)28(37)23-11-22-24(27(36)29(38)31(4)5)16-34(19(3)35)25(22)12-26(23)39-6/h7-12,16-18H,13-15H2,1-6H3. The maximum absolute atomic E-state index is 13.9. The zero-order valence-corrected chi connectivity index (χ0v) is 23.0. The minimum Gasteiger partial charge on any atom is -0.496 e. The second-order valence-electron chi connectivity index (χ2n) is 10.2. The summed E-state index contributed by atoms with van der Waals surface area (Å²) in [5.74, 6) is -2.15. The molecule has 0 bridgehead atoms. The molecule has 2 aromatic carbocycles. The maximum Gasteiger partial charge on any atom is 0.294 e. The van der Waals surface area contributed by atoms with Gasteiger partial charge in [-0.15, -0.1) is 0 Å². The molecule has 2 atom stereocenters. The van der Waals surface area contributed by atoms with Gasteiger partial charge in [-0.25, -0.2) is 4.39 Å². The molecular formula is C29H33FN4O5. The van der Waals surface area contributed by atoms with E-state index in [9.17, 15) is 23.6 Å². The fourth-order valence-electron chi connectivity index (χ4n) is 5.03. The Kier molecular flexibility index (Phi) is 7.87. The van der Waals surface area contributed by atoms with Crippen molar-refractivity contribution in [2.24, 2.45) is 0 Å². The number of carbonyl (C=O) groups is 4. The summed E-state index contributed by atoms with van der Waals surface area (Å²) in [6.07, 6.45) is 1.34. The first-order valence-electron chi connectivity index (χ1n) is 12.7. The van der Waals surface area contributed by atoms with Crippen LogP contribution in [0.15, 0.2) is 42.6 Å². The summed E-state index contributed by atoms with van der Waals surface area (Å²) in [4.78, 5) is 56.9. The molecule has 9 nitrogen and oxygen atoms in total. The molecule has 2 amide bonds. The van der Waals surface area contributed by atoms with Gasteiger partial charge in [-0.3, -0.25) is 28.6 Å². The smallest absolute Gasteiger partial charge is 0.294 e. The molecule has 2 heterocycles. The van der Waals surface area contributed by atoms with Crippen LogP contribution in [0.4, 0.5) is 4.39 Å². The van der Waals surface area contributed by atoms with Crippen molar-refractivity contribution in [3.63, 3.8) is 0 Å². The van der Waals surface area contributed by atoms with Gasteiger partial charge in [0.05, 0.1) is 23.8 Å². The molecule has 206 valence electrons. The predicted molar refractivity (Wildman–Crippen MR) is 145 cm³/mol. The molecule has 1 fully saturated rings. The number of amides is 2. The number of methoxy groups -OCH3 is 1. The molecule has 10 heteroatoms. The normalized spacial score (nSPS) is 17.8. The zero-order chi connectivity index (χ0) is 28.6. The highest BCUT2D eigenvalue weighted by molar-refractivity contribution is 6.45. The summed E-state index contributed by atoms with van der Waals surface area (Å²) in [6.45, 7) is 7.03. The first-order valence-corrected chi connectivity index (χ1v) is 12.7. The van der Waals surface area contributed by atoms with Crippen molar-refractivity contribution in [1.29, 1.82) is 0 Å². The van der Waals surface area contributed by atoms with Crippen LogP contribution in [-0.4, -0.2) is 89.1 Å². The van der Waals surface area contributed by atoms with E-state index in [2.05, 4.69) is 4.90 Å². The molecule has 3 aromatic rings. The number of halogens is 1. The predicted octanol–water partition coefficient (Wildman–Crippen LogP) is 3.46. The number of hydrogen-bond acceptors (Lipinski definition) is 6. The van der Waals surface area contributed by atoms with Gasteiger partial charge >= 0.3 is 0 Å². The zero-order valence-electron chi connectivity index (χ0n) is 23.0. The monoisotopic (exact) mass is 536 g/mol. The summed E-state index contributed by atoms with van der Waals surface area (Å²) >= 11 is 0. The third-order valence-corrected chi connectivity index (χ3v) is 7.22. The number of ketones is 1. The van der Waals surface area contributed by atoms with Crippen LogP contribution in [0, 0.1) is 5.82 Å². The fourth-order valence-corrected chi connectivity index (χ4v) is 5.03. The van der Waals surface area contributed by atoms with Crippen LogP contribution in [0.2, 0.25) is 0 Å². The molecule has 0 radical (unpaired) electrons. The number of carbonyl (C=O) groups excluding carboxylic acids is 4. The molecule has 39 heavy (non-hydrogen) atoms. The highest BCUT2D eigenvalue weighted by Crippen LogP contribution is 2.32. The van der Waals surface area contributed by atoms with Crippen molar-refractivity contribution >= 4 is 34.4 Å². The Balaban J connectivity index is 1.68. The van der Waals surface area contributed by atoms with Crippen LogP contribution >= 0.6 is 0 Å². The maximum atomic E-state index is 13.9. The Morgan fingerprint density at radius 2 is 1.67 bits per heavy atom. The Labute approximate surface area is 226 Å². The van der Waals surface area contributed by atoms with Crippen LogP contribution in [0.1, 0.15) is 51.8 Å². The van der Waals surface area contributed by atoms with E-state index in [0.717, 1.165) is 5.56 Å². The number of ether oxygens (including phenoxy) is 1. The number of piperazine rings is 1. The Morgan fingerprint density at radius 3 is 2.26 bits per heavy atom. The highest BCUT2D eigenvalue weighted by Gasteiger charge is 2.34. The number of hydrogen-bond donors (Lipinski definition) is 0. The van der Waals surface area contributed by atoms with E-state index < -0.39 is 11.7 Å². The van der Waals surface area contributed by atoms with Gasteiger partial charge in [0.15, 0.2) is 0 Å². The molecule has 0 aliphatic carbocycles. The lowest BCUT2D eigenvalue weighted by Crippen LogP contribution is -2.57. The van der Waals surface area contributed by atoms with Crippen molar-refractivity contribution in [2.75, 3.05) is 34.3 Å². The molecule has 4 rings (SSSR count). The van der Waals surface area contributed by atoms with Crippen molar-refractivity contribution in [3.8, 4) is 5.75 Å². The number of aromatic nitrogens is 1. The molecule has 1 aromatic heterocycles. The molecule has 1 saturated heterocycles. The molecule has 0 saturated carbocycles. The van der Waals surface area contributed by atoms with Crippen molar-refractivity contribution in [2.45, 2.75) is 39.4 Å².